The minimum absolute atomic E-state index is 0.119. The second-order valence-corrected chi connectivity index (χ2v) is 9.73. The van der Waals surface area contributed by atoms with Crippen LogP contribution in [0.15, 0.2) is 15.4 Å². The van der Waals surface area contributed by atoms with Gasteiger partial charge < -0.3 is 14.6 Å². The van der Waals surface area contributed by atoms with Gasteiger partial charge in [-0.3, -0.25) is 4.79 Å². The van der Waals surface area contributed by atoms with Crippen LogP contribution in [0.3, 0.4) is 0 Å². The van der Waals surface area contributed by atoms with Crippen molar-refractivity contribution in [1.29, 1.82) is 0 Å². The topological polar surface area (TPSA) is 82.9 Å². The molecule has 144 valence electrons. The maximum Gasteiger partial charge on any atom is 0.289 e. The van der Waals surface area contributed by atoms with Gasteiger partial charge in [0.05, 0.1) is 0 Å². The summed E-state index contributed by atoms with van der Waals surface area (Å²) < 4.78 is 32.6. The van der Waals surface area contributed by atoms with Crippen molar-refractivity contribution >= 4 is 15.9 Å². The Hall–Kier alpha value is -1.38. The molecule has 2 unspecified atom stereocenters. The molecule has 4 rings (SSSR count). The van der Waals surface area contributed by atoms with Crippen molar-refractivity contribution in [3.8, 4) is 0 Å². The number of nitrogens with zero attached hydrogens (tertiary/aromatic N) is 2. The zero-order valence-corrected chi connectivity index (χ0v) is 16.2. The number of rotatable bonds is 4. The van der Waals surface area contributed by atoms with Crippen LogP contribution in [0.25, 0.3) is 0 Å². The van der Waals surface area contributed by atoms with E-state index in [0.29, 0.717) is 30.9 Å². The molecule has 1 aromatic rings. The standard InChI is InChI=1S/C18H27N3O4S/c1-12-17(26(23,24)21-7-3-4-8-21)11-16(25-12)18(22)20(2)15-9-13-5-6-14(10-15)19-13/h11,13-15,19H,3-10H2,1-2H3. The Bertz CT molecular complexity index is 785. The molecule has 26 heavy (non-hydrogen) atoms. The lowest BCUT2D eigenvalue weighted by Crippen LogP contribution is -2.48. The number of carbonyl (C=O) groups is 1. The molecule has 8 heteroatoms. The van der Waals surface area contributed by atoms with Gasteiger partial charge in [-0.25, -0.2) is 8.42 Å². The van der Waals surface area contributed by atoms with E-state index in [9.17, 15) is 13.2 Å². The normalized spacial score (nSPS) is 29.2. The van der Waals surface area contributed by atoms with Crippen LogP contribution in [0.2, 0.25) is 0 Å². The fourth-order valence-electron chi connectivity index (χ4n) is 4.58. The van der Waals surface area contributed by atoms with E-state index in [1.165, 1.54) is 23.2 Å². The number of sulfonamides is 1. The van der Waals surface area contributed by atoms with Crippen molar-refractivity contribution in [2.24, 2.45) is 0 Å². The van der Waals surface area contributed by atoms with E-state index < -0.39 is 10.0 Å². The molecule has 7 nitrogen and oxygen atoms in total. The van der Waals surface area contributed by atoms with E-state index in [4.69, 9.17) is 4.42 Å². The molecular weight excluding hydrogens is 354 g/mol. The number of aryl methyl sites for hydroxylation is 1. The van der Waals surface area contributed by atoms with E-state index in [2.05, 4.69) is 5.32 Å². The minimum Gasteiger partial charge on any atom is -0.455 e. The summed E-state index contributed by atoms with van der Waals surface area (Å²) in [6, 6.07) is 2.56. The van der Waals surface area contributed by atoms with Crippen LogP contribution in [0, 0.1) is 6.92 Å². The number of carbonyl (C=O) groups excluding carboxylic acids is 1. The van der Waals surface area contributed by atoms with Gasteiger partial charge in [0.1, 0.15) is 10.7 Å². The predicted molar refractivity (Wildman–Crippen MR) is 96.5 cm³/mol. The van der Waals surface area contributed by atoms with Crippen LogP contribution < -0.4 is 5.32 Å². The van der Waals surface area contributed by atoms with E-state index in [1.54, 1.807) is 18.9 Å². The van der Waals surface area contributed by atoms with Crippen LogP contribution in [0.1, 0.15) is 54.8 Å². The summed E-state index contributed by atoms with van der Waals surface area (Å²) in [5.41, 5.74) is 0. The Balaban J connectivity index is 1.53. The summed E-state index contributed by atoms with van der Waals surface area (Å²) in [6.45, 7) is 2.69. The van der Waals surface area contributed by atoms with Crippen molar-refractivity contribution in [2.45, 2.75) is 68.5 Å². The third-order valence-electron chi connectivity index (χ3n) is 6.08. The van der Waals surface area contributed by atoms with Gasteiger partial charge in [-0.05, 0) is 45.4 Å². The molecule has 0 aromatic carbocycles. The zero-order chi connectivity index (χ0) is 18.5. The first-order chi connectivity index (χ1) is 12.4. The van der Waals surface area contributed by atoms with Crippen LogP contribution >= 0.6 is 0 Å². The van der Waals surface area contributed by atoms with E-state index in [0.717, 1.165) is 25.7 Å². The van der Waals surface area contributed by atoms with Gasteiger partial charge >= 0.3 is 0 Å². The average Bonchev–Trinajstić information content (AvgIpc) is 3.34. The van der Waals surface area contributed by atoms with Crippen LogP contribution in [-0.2, 0) is 10.0 Å². The molecule has 3 fully saturated rings. The highest BCUT2D eigenvalue weighted by Gasteiger charge is 2.38. The SMILES string of the molecule is Cc1oc(C(=O)N(C)C2CC3CCC(C2)N3)cc1S(=O)(=O)N1CCCC1. The third-order valence-corrected chi connectivity index (χ3v) is 8.09. The molecule has 1 N–H and O–H groups in total. The number of amides is 1. The zero-order valence-electron chi connectivity index (χ0n) is 15.4. The molecule has 1 aromatic heterocycles. The molecule has 1 amide bonds. The van der Waals surface area contributed by atoms with Crippen molar-refractivity contribution in [3.05, 3.63) is 17.6 Å². The van der Waals surface area contributed by atoms with E-state index in [-0.39, 0.29) is 22.6 Å². The van der Waals surface area contributed by atoms with Crippen molar-refractivity contribution in [3.63, 3.8) is 0 Å². The molecule has 3 aliphatic heterocycles. The molecule has 2 atom stereocenters. The highest BCUT2D eigenvalue weighted by Crippen LogP contribution is 2.31. The Morgan fingerprint density at radius 2 is 1.85 bits per heavy atom. The van der Waals surface area contributed by atoms with Gasteiger partial charge in [-0.1, -0.05) is 0 Å². The summed E-state index contributed by atoms with van der Waals surface area (Å²) >= 11 is 0. The summed E-state index contributed by atoms with van der Waals surface area (Å²) in [6.07, 6.45) is 5.97. The first kappa shape index (κ1) is 18.0. The lowest BCUT2D eigenvalue weighted by atomic mass is 9.98. The van der Waals surface area contributed by atoms with Crippen molar-refractivity contribution < 1.29 is 17.6 Å². The summed E-state index contributed by atoms with van der Waals surface area (Å²) in [5.74, 6) is 0.176. The van der Waals surface area contributed by atoms with Gasteiger partial charge in [-0.15, -0.1) is 0 Å². The van der Waals surface area contributed by atoms with Gasteiger partial charge in [0.15, 0.2) is 5.76 Å². The van der Waals surface area contributed by atoms with Gasteiger partial charge in [-0.2, -0.15) is 4.31 Å². The number of nitrogens with one attached hydrogen (secondary N) is 1. The summed E-state index contributed by atoms with van der Waals surface area (Å²) in [7, 11) is -1.79. The third kappa shape index (κ3) is 3.08. The molecular formula is C18H27N3O4S. The van der Waals surface area contributed by atoms with Gasteiger partial charge in [0, 0.05) is 44.3 Å². The number of piperidine rings is 1. The van der Waals surface area contributed by atoms with E-state index >= 15 is 0 Å². The lowest BCUT2D eigenvalue weighted by molar-refractivity contribution is 0.0648. The van der Waals surface area contributed by atoms with Crippen molar-refractivity contribution in [2.75, 3.05) is 20.1 Å². The van der Waals surface area contributed by atoms with Gasteiger partial charge in [0.25, 0.3) is 5.91 Å². The highest BCUT2D eigenvalue weighted by molar-refractivity contribution is 7.89. The first-order valence-corrected chi connectivity index (χ1v) is 10.9. The fourth-order valence-corrected chi connectivity index (χ4v) is 6.26. The number of hydrogen-bond acceptors (Lipinski definition) is 5. The Labute approximate surface area is 154 Å². The predicted octanol–water partition coefficient (Wildman–Crippen LogP) is 1.73. The number of furan rings is 1. The Morgan fingerprint density at radius 3 is 2.46 bits per heavy atom. The largest absolute Gasteiger partial charge is 0.455 e. The molecule has 2 bridgehead atoms. The van der Waals surface area contributed by atoms with Crippen LogP contribution in [-0.4, -0.2) is 61.8 Å². The Morgan fingerprint density at radius 1 is 1.23 bits per heavy atom. The Kier molecular flexibility index (Phi) is 4.61. The molecule has 3 saturated heterocycles. The second kappa shape index (κ2) is 6.65. The fraction of sp³-hybridized carbons (Fsp3) is 0.722. The first-order valence-electron chi connectivity index (χ1n) is 9.50. The summed E-state index contributed by atoms with van der Waals surface area (Å²) in [5, 5.41) is 3.57. The van der Waals surface area contributed by atoms with Crippen LogP contribution in [0.4, 0.5) is 0 Å². The molecule has 0 radical (unpaired) electrons. The maximum atomic E-state index is 12.9. The van der Waals surface area contributed by atoms with Gasteiger partial charge in [0.2, 0.25) is 10.0 Å². The molecule has 4 heterocycles. The highest BCUT2D eigenvalue weighted by atomic mass is 32.2. The number of fused-ring (bicyclic) bond motifs is 2. The van der Waals surface area contributed by atoms with Crippen molar-refractivity contribution in [1.82, 2.24) is 14.5 Å². The average molecular weight is 381 g/mol. The van der Waals surface area contributed by atoms with E-state index in [1.807, 2.05) is 0 Å². The monoisotopic (exact) mass is 381 g/mol. The molecule has 0 aliphatic carbocycles. The minimum atomic E-state index is -3.58. The lowest BCUT2D eigenvalue weighted by Gasteiger charge is -2.35. The van der Waals surface area contributed by atoms with Crippen LogP contribution in [0.5, 0.6) is 0 Å². The molecule has 3 aliphatic rings. The maximum absolute atomic E-state index is 12.9. The quantitative estimate of drug-likeness (QED) is 0.859. The molecule has 0 spiro atoms. The number of hydrogen-bond donors (Lipinski definition) is 1. The molecule has 0 saturated carbocycles. The summed E-state index contributed by atoms with van der Waals surface area (Å²) in [4.78, 5) is 14.8. The smallest absolute Gasteiger partial charge is 0.289 e. The second-order valence-electron chi connectivity index (χ2n) is 7.82.